The molecule has 3 heterocycles. The molecule has 7 nitrogen and oxygen atoms in total. The van der Waals surface area contributed by atoms with Gasteiger partial charge in [-0.2, -0.15) is 4.98 Å². The van der Waals surface area contributed by atoms with Gasteiger partial charge in [-0.3, -0.25) is 14.7 Å². The van der Waals surface area contributed by atoms with Crippen LogP contribution in [0.25, 0.3) is 22.8 Å². The molecular weight excluding hydrogens is 392 g/mol. The second-order valence-electron chi connectivity index (χ2n) is 8.83. The van der Waals surface area contributed by atoms with Crippen LogP contribution in [0.5, 0.6) is 0 Å². The molecule has 1 aromatic carbocycles. The van der Waals surface area contributed by atoms with Crippen molar-refractivity contribution in [2.75, 3.05) is 13.1 Å². The number of hydrogen-bond donors (Lipinski definition) is 1. The lowest BCUT2D eigenvalue weighted by atomic mass is 9.97. The maximum Gasteiger partial charge on any atom is 0.309 e. The highest BCUT2D eigenvalue weighted by Crippen LogP contribution is 2.27. The van der Waals surface area contributed by atoms with E-state index >= 15 is 0 Å². The Kier molecular flexibility index (Phi) is 5.87. The fourth-order valence-corrected chi connectivity index (χ4v) is 3.97. The maximum absolute atomic E-state index is 11.0. The molecule has 1 saturated heterocycles. The normalized spacial score (nSPS) is 14.7. The van der Waals surface area contributed by atoms with Gasteiger partial charge in [0.25, 0.3) is 5.89 Å². The molecule has 4 rings (SSSR count). The van der Waals surface area contributed by atoms with Gasteiger partial charge in [0.1, 0.15) is 0 Å². The number of nitrogens with zero attached hydrogens (tertiary/aromatic N) is 4. The Morgan fingerprint density at radius 1 is 1.19 bits per heavy atom. The number of aromatic nitrogens is 3. The molecule has 0 radical (unpaired) electrons. The molecule has 1 fully saturated rings. The van der Waals surface area contributed by atoms with Crippen LogP contribution in [0, 0.1) is 25.7 Å². The number of aliphatic carboxylic acids is 1. The average molecular weight is 421 g/mol. The monoisotopic (exact) mass is 420 g/mol. The number of likely N-dealkylation sites (tertiary alicyclic amines) is 1. The van der Waals surface area contributed by atoms with E-state index in [1.54, 1.807) is 0 Å². The zero-order chi connectivity index (χ0) is 22.1. The number of benzene rings is 1. The van der Waals surface area contributed by atoms with E-state index in [9.17, 15) is 4.79 Å². The van der Waals surface area contributed by atoms with Crippen molar-refractivity contribution in [2.24, 2.45) is 11.8 Å². The fourth-order valence-electron chi connectivity index (χ4n) is 3.97. The SMILES string of the molecule is Cc1cc(-c2nc(-c3ccc(CN4CC(C(=O)O)C4)nc3C)no2)ccc1CC(C)C. The molecule has 0 bridgehead atoms. The van der Waals surface area contributed by atoms with Crippen molar-refractivity contribution in [1.82, 2.24) is 20.0 Å². The predicted octanol–water partition coefficient (Wildman–Crippen LogP) is 4.13. The summed E-state index contributed by atoms with van der Waals surface area (Å²) in [5.41, 5.74) is 6.04. The Hall–Kier alpha value is -3.06. The van der Waals surface area contributed by atoms with Gasteiger partial charge in [-0.1, -0.05) is 25.1 Å². The molecule has 0 aliphatic carbocycles. The number of carboxylic acid groups (broad SMARTS) is 1. The number of hydrogen-bond acceptors (Lipinski definition) is 6. The van der Waals surface area contributed by atoms with Crippen molar-refractivity contribution in [2.45, 2.75) is 40.7 Å². The van der Waals surface area contributed by atoms with Crippen molar-refractivity contribution in [3.63, 3.8) is 0 Å². The molecule has 31 heavy (non-hydrogen) atoms. The topological polar surface area (TPSA) is 92.4 Å². The average Bonchev–Trinajstić information content (AvgIpc) is 3.15. The molecule has 3 aromatic rings. The second kappa shape index (κ2) is 8.59. The standard InChI is InChI=1S/C24H28N4O3/c1-14(2)9-17-5-6-18(10-15(17)3)23-26-22(27-31-23)21-8-7-20(25-16(21)4)13-28-11-19(12-28)24(29)30/h5-8,10,14,19H,9,11-13H2,1-4H3,(H,29,30). The van der Waals surface area contributed by atoms with Crippen LogP contribution in [0.3, 0.4) is 0 Å². The van der Waals surface area contributed by atoms with Crippen molar-refractivity contribution < 1.29 is 14.4 Å². The second-order valence-corrected chi connectivity index (χ2v) is 8.83. The first-order valence-corrected chi connectivity index (χ1v) is 10.7. The summed E-state index contributed by atoms with van der Waals surface area (Å²) in [6.45, 7) is 10.3. The van der Waals surface area contributed by atoms with Crippen LogP contribution in [0.4, 0.5) is 0 Å². The highest BCUT2D eigenvalue weighted by atomic mass is 16.5. The molecule has 0 spiro atoms. The minimum atomic E-state index is -0.728. The summed E-state index contributed by atoms with van der Waals surface area (Å²) in [7, 11) is 0. The summed E-state index contributed by atoms with van der Waals surface area (Å²) in [6, 6.07) is 10.2. The molecule has 1 N–H and O–H groups in total. The van der Waals surface area contributed by atoms with Gasteiger partial charge >= 0.3 is 5.97 Å². The molecule has 0 saturated carbocycles. The van der Waals surface area contributed by atoms with Gasteiger partial charge in [0.05, 0.1) is 11.6 Å². The van der Waals surface area contributed by atoms with Crippen LogP contribution in [-0.2, 0) is 17.8 Å². The highest BCUT2D eigenvalue weighted by Gasteiger charge is 2.32. The summed E-state index contributed by atoms with van der Waals surface area (Å²) < 4.78 is 5.54. The Morgan fingerprint density at radius 3 is 2.61 bits per heavy atom. The zero-order valence-corrected chi connectivity index (χ0v) is 18.4. The molecule has 0 amide bonds. The Labute approximate surface area is 182 Å². The van der Waals surface area contributed by atoms with Crippen molar-refractivity contribution in [3.05, 3.63) is 52.8 Å². The minimum Gasteiger partial charge on any atom is -0.481 e. The van der Waals surface area contributed by atoms with Crippen molar-refractivity contribution in [1.29, 1.82) is 0 Å². The Balaban J connectivity index is 1.48. The van der Waals surface area contributed by atoms with Gasteiger partial charge in [-0.25, -0.2) is 0 Å². The predicted molar refractivity (Wildman–Crippen MR) is 117 cm³/mol. The number of pyridine rings is 1. The molecule has 0 unspecified atom stereocenters. The van der Waals surface area contributed by atoms with Gasteiger partial charge in [0.2, 0.25) is 5.82 Å². The van der Waals surface area contributed by atoms with Gasteiger partial charge in [0.15, 0.2) is 0 Å². The van der Waals surface area contributed by atoms with E-state index in [0.717, 1.165) is 28.9 Å². The summed E-state index contributed by atoms with van der Waals surface area (Å²) in [6.07, 6.45) is 1.05. The zero-order valence-electron chi connectivity index (χ0n) is 18.4. The highest BCUT2D eigenvalue weighted by molar-refractivity contribution is 5.71. The quantitative estimate of drug-likeness (QED) is 0.614. The number of carboxylic acids is 1. The van der Waals surface area contributed by atoms with E-state index < -0.39 is 5.97 Å². The third kappa shape index (κ3) is 4.66. The van der Waals surface area contributed by atoms with Gasteiger partial charge in [-0.15, -0.1) is 0 Å². The first kappa shape index (κ1) is 21.2. The summed E-state index contributed by atoms with van der Waals surface area (Å²) in [4.78, 5) is 22.3. The van der Waals surface area contributed by atoms with Crippen LogP contribution >= 0.6 is 0 Å². The largest absolute Gasteiger partial charge is 0.481 e. The first-order valence-electron chi connectivity index (χ1n) is 10.7. The van der Waals surface area contributed by atoms with E-state index in [2.05, 4.69) is 52.9 Å². The van der Waals surface area contributed by atoms with Crippen LogP contribution in [0.2, 0.25) is 0 Å². The maximum atomic E-state index is 11.0. The smallest absolute Gasteiger partial charge is 0.309 e. The summed E-state index contributed by atoms with van der Waals surface area (Å²) in [5, 5.41) is 13.2. The van der Waals surface area contributed by atoms with Gasteiger partial charge in [0, 0.05) is 36.5 Å². The third-order valence-electron chi connectivity index (χ3n) is 5.72. The number of carbonyl (C=O) groups is 1. The van der Waals surface area contributed by atoms with E-state index in [0.29, 0.717) is 37.3 Å². The van der Waals surface area contributed by atoms with Crippen molar-refractivity contribution >= 4 is 5.97 Å². The summed E-state index contributed by atoms with van der Waals surface area (Å²) in [5.74, 6) is 0.635. The van der Waals surface area contributed by atoms with E-state index in [4.69, 9.17) is 9.63 Å². The fraction of sp³-hybridized carbons (Fsp3) is 0.417. The van der Waals surface area contributed by atoms with E-state index in [1.807, 2.05) is 25.1 Å². The first-order chi connectivity index (χ1) is 14.8. The molecule has 0 atom stereocenters. The van der Waals surface area contributed by atoms with Crippen LogP contribution in [0.15, 0.2) is 34.9 Å². The van der Waals surface area contributed by atoms with E-state index in [1.165, 1.54) is 11.1 Å². The van der Waals surface area contributed by atoms with Crippen LogP contribution in [-0.4, -0.2) is 44.2 Å². The molecule has 1 aliphatic heterocycles. The molecule has 1 aliphatic rings. The molecule has 2 aromatic heterocycles. The summed E-state index contributed by atoms with van der Waals surface area (Å²) >= 11 is 0. The lowest BCUT2D eigenvalue weighted by Crippen LogP contribution is -2.49. The van der Waals surface area contributed by atoms with Gasteiger partial charge in [-0.05, 0) is 61.6 Å². The Morgan fingerprint density at radius 2 is 1.97 bits per heavy atom. The lowest BCUT2D eigenvalue weighted by Gasteiger charge is -2.36. The molecule has 7 heteroatoms. The molecule has 162 valence electrons. The van der Waals surface area contributed by atoms with Crippen molar-refractivity contribution in [3.8, 4) is 22.8 Å². The van der Waals surface area contributed by atoms with Crippen LogP contribution < -0.4 is 0 Å². The third-order valence-corrected chi connectivity index (χ3v) is 5.72. The van der Waals surface area contributed by atoms with Gasteiger partial charge < -0.3 is 9.63 Å². The van der Waals surface area contributed by atoms with Crippen LogP contribution in [0.1, 0.15) is 36.4 Å². The molecular formula is C24H28N4O3. The lowest BCUT2D eigenvalue weighted by molar-refractivity contribution is -0.147. The minimum absolute atomic E-state index is 0.263. The number of aryl methyl sites for hydroxylation is 2. The number of rotatable bonds is 7. The Bertz CT molecular complexity index is 1100. The van der Waals surface area contributed by atoms with E-state index in [-0.39, 0.29) is 5.92 Å².